The van der Waals surface area contributed by atoms with Gasteiger partial charge in [-0.15, -0.1) is 24.0 Å². The van der Waals surface area contributed by atoms with Crippen LogP contribution in [0.3, 0.4) is 0 Å². The zero-order chi connectivity index (χ0) is 13.4. The molecule has 5 heteroatoms. The van der Waals surface area contributed by atoms with Crippen LogP contribution in [0.25, 0.3) is 0 Å². The van der Waals surface area contributed by atoms with E-state index in [-0.39, 0.29) is 30.1 Å². The molecule has 0 heterocycles. The van der Waals surface area contributed by atoms with E-state index < -0.39 is 0 Å². The predicted octanol–water partition coefficient (Wildman–Crippen LogP) is 2.46. The standard InChI is InChI=1S/C14H29N3O.HI/c1-4-6-10-17(3)14(15-5-2)16-11-12-8-7-9-13(12)18;/h12-13,18H,4-11H2,1-3H3,(H,15,16);1H. The number of hydrogen-bond acceptors (Lipinski definition) is 2. The first-order chi connectivity index (χ1) is 8.69. The summed E-state index contributed by atoms with van der Waals surface area (Å²) in [5.74, 6) is 1.34. The molecule has 4 nitrogen and oxygen atoms in total. The molecule has 0 bridgehead atoms. The molecule has 1 aliphatic rings. The van der Waals surface area contributed by atoms with Gasteiger partial charge in [0.2, 0.25) is 0 Å². The Morgan fingerprint density at radius 2 is 2.11 bits per heavy atom. The van der Waals surface area contributed by atoms with Crippen LogP contribution in [0.5, 0.6) is 0 Å². The highest BCUT2D eigenvalue weighted by atomic mass is 127. The van der Waals surface area contributed by atoms with E-state index in [1.165, 1.54) is 12.8 Å². The summed E-state index contributed by atoms with van der Waals surface area (Å²) in [4.78, 5) is 6.86. The molecule has 0 aromatic rings. The van der Waals surface area contributed by atoms with Crippen LogP contribution in [0, 0.1) is 5.92 Å². The summed E-state index contributed by atoms with van der Waals surface area (Å²) in [6.07, 6.45) is 5.45. The van der Waals surface area contributed by atoms with Gasteiger partial charge >= 0.3 is 0 Å². The van der Waals surface area contributed by atoms with Gasteiger partial charge in [0.1, 0.15) is 0 Å². The number of guanidine groups is 1. The number of nitrogens with zero attached hydrogens (tertiary/aromatic N) is 2. The minimum Gasteiger partial charge on any atom is -0.393 e. The molecule has 2 N–H and O–H groups in total. The molecular weight excluding hydrogens is 353 g/mol. The molecule has 1 aliphatic carbocycles. The van der Waals surface area contributed by atoms with Crippen LogP contribution in [0.15, 0.2) is 4.99 Å². The molecule has 0 aromatic carbocycles. The van der Waals surface area contributed by atoms with Gasteiger partial charge in [-0.3, -0.25) is 4.99 Å². The fraction of sp³-hybridized carbons (Fsp3) is 0.929. The van der Waals surface area contributed by atoms with Gasteiger partial charge in [-0.05, 0) is 26.2 Å². The van der Waals surface area contributed by atoms with Crippen LogP contribution in [-0.2, 0) is 0 Å². The molecule has 0 spiro atoms. The van der Waals surface area contributed by atoms with Gasteiger partial charge in [0, 0.05) is 32.6 Å². The Bertz CT molecular complexity index is 261. The zero-order valence-corrected chi connectivity index (χ0v) is 14.9. The molecule has 0 saturated heterocycles. The first-order valence-corrected chi connectivity index (χ1v) is 7.36. The van der Waals surface area contributed by atoms with E-state index >= 15 is 0 Å². The Morgan fingerprint density at radius 1 is 1.37 bits per heavy atom. The van der Waals surface area contributed by atoms with Gasteiger partial charge in [-0.1, -0.05) is 19.8 Å². The molecule has 2 atom stereocenters. The average Bonchev–Trinajstić information content (AvgIpc) is 2.77. The van der Waals surface area contributed by atoms with Gasteiger partial charge in [-0.2, -0.15) is 0 Å². The van der Waals surface area contributed by atoms with Crippen LogP contribution in [-0.4, -0.2) is 48.8 Å². The molecule has 114 valence electrons. The number of aliphatic hydroxyl groups excluding tert-OH is 1. The summed E-state index contributed by atoms with van der Waals surface area (Å²) in [6.45, 7) is 6.97. The molecule has 1 rings (SSSR count). The van der Waals surface area contributed by atoms with Crippen LogP contribution in [0.1, 0.15) is 46.0 Å². The maximum absolute atomic E-state index is 9.81. The van der Waals surface area contributed by atoms with E-state index in [9.17, 15) is 5.11 Å². The second-order valence-electron chi connectivity index (χ2n) is 5.23. The summed E-state index contributed by atoms with van der Waals surface area (Å²) in [6, 6.07) is 0. The molecule has 0 amide bonds. The zero-order valence-electron chi connectivity index (χ0n) is 12.6. The molecule has 0 radical (unpaired) electrons. The molecule has 2 unspecified atom stereocenters. The van der Waals surface area contributed by atoms with Crippen molar-refractivity contribution in [3.8, 4) is 0 Å². The number of rotatable bonds is 6. The van der Waals surface area contributed by atoms with Crippen molar-refractivity contribution in [3.63, 3.8) is 0 Å². The SMILES string of the molecule is CCCCN(C)C(=NCC1CCCC1O)NCC.I. The first-order valence-electron chi connectivity index (χ1n) is 7.36. The van der Waals surface area contributed by atoms with Crippen LogP contribution in [0.2, 0.25) is 0 Å². The summed E-state index contributed by atoms with van der Waals surface area (Å²) >= 11 is 0. The topological polar surface area (TPSA) is 47.9 Å². The maximum Gasteiger partial charge on any atom is 0.193 e. The van der Waals surface area contributed by atoms with Gasteiger partial charge < -0.3 is 15.3 Å². The van der Waals surface area contributed by atoms with Gasteiger partial charge in [-0.25, -0.2) is 0 Å². The highest BCUT2D eigenvalue weighted by Crippen LogP contribution is 2.25. The lowest BCUT2D eigenvalue weighted by molar-refractivity contribution is 0.136. The Hall–Kier alpha value is -0.0400. The Labute approximate surface area is 135 Å². The second kappa shape index (κ2) is 10.7. The minimum atomic E-state index is -0.141. The summed E-state index contributed by atoms with van der Waals surface area (Å²) in [7, 11) is 2.09. The lowest BCUT2D eigenvalue weighted by atomic mass is 10.1. The summed E-state index contributed by atoms with van der Waals surface area (Å²) < 4.78 is 0. The van der Waals surface area contributed by atoms with E-state index in [2.05, 4.69) is 36.1 Å². The Morgan fingerprint density at radius 3 is 2.63 bits per heavy atom. The fourth-order valence-electron chi connectivity index (χ4n) is 2.40. The number of hydrogen-bond donors (Lipinski definition) is 2. The first kappa shape index (κ1) is 19.0. The van der Waals surface area contributed by atoms with Crippen molar-refractivity contribution in [2.24, 2.45) is 10.9 Å². The van der Waals surface area contributed by atoms with Crippen LogP contribution < -0.4 is 5.32 Å². The summed E-state index contributed by atoms with van der Waals surface area (Å²) in [5, 5.41) is 13.1. The largest absolute Gasteiger partial charge is 0.393 e. The van der Waals surface area contributed by atoms with E-state index in [0.29, 0.717) is 5.92 Å². The highest BCUT2D eigenvalue weighted by molar-refractivity contribution is 14.0. The van der Waals surface area contributed by atoms with E-state index in [0.717, 1.165) is 44.9 Å². The Balaban J connectivity index is 0.00000324. The molecule has 0 aromatic heterocycles. The van der Waals surface area contributed by atoms with Crippen molar-refractivity contribution in [2.45, 2.75) is 52.1 Å². The average molecular weight is 383 g/mol. The van der Waals surface area contributed by atoms with E-state index in [4.69, 9.17) is 0 Å². The summed E-state index contributed by atoms with van der Waals surface area (Å²) in [5.41, 5.74) is 0. The number of aliphatic imine (C=N–C) groups is 1. The lowest BCUT2D eigenvalue weighted by Crippen LogP contribution is -2.40. The lowest BCUT2D eigenvalue weighted by Gasteiger charge is -2.22. The molecule has 1 saturated carbocycles. The van der Waals surface area contributed by atoms with Crippen LogP contribution >= 0.6 is 24.0 Å². The quantitative estimate of drug-likeness (QED) is 0.421. The third-order valence-corrected chi connectivity index (χ3v) is 3.64. The smallest absolute Gasteiger partial charge is 0.193 e. The van der Waals surface area contributed by atoms with Crippen molar-refractivity contribution >= 4 is 29.9 Å². The molecule has 0 aliphatic heterocycles. The number of unbranched alkanes of at least 4 members (excludes halogenated alkanes) is 1. The van der Waals surface area contributed by atoms with E-state index in [1.807, 2.05) is 0 Å². The van der Waals surface area contributed by atoms with Crippen LogP contribution in [0.4, 0.5) is 0 Å². The predicted molar refractivity (Wildman–Crippen MR) is 92.3 cm³/mol. The number of halogens is 1. The van der Waals surface area contributed by atoms with Gasteiger partial charge in [0.05, 0.1) is 6.10 Å². The van der Waals surface area contributed by atoms with Gasteiger partial charge in [0.25, 0.3) is 0 Å². The monoisotopic (exact) mass is 383 g/mol. The molecule has 1 fully saturated rings. The third kappa shape index (κ3) is 6.79. The minimum absolute atomic E-state index is 0. The Kier molecular flexibility index (Phi) is 10.7. The number of aliphatic hydroxyl groups is 1. The second-order valence-corrected chi connectivity index (χ2v) is 5.23. The molecule has 19 heavy (non-hydrogen) atoms. The normalized spacial score (nSPS) is 23.1. The maximum atomic E-state index is 9.81. The fourth-order valence-corrected chi connectivity index (χ4v) is 2.40. The van der Waals surface area contributed by atoms with Crippen molar-refractivity contribution in [3.05, 3.63) is 0 Å². The van der Waals surface area contributed by atoms with Crippen molar-refractivity contribution in [1.82, 2.24) is 10.2 Å². The van der Waals surface area contributed by atoms with Crippen molar-refractivity contribution in [2.75, 3.05) is 26.7 Å². The van der Waals surface area contributed by atoms with Crippen molar-refractivity contribution in [1.29, 1.82) is 0 Å². The van der Waals surface area contributed by atoms with E-state index in [1.54, 1.807) is 0 Å². The third-order valence-electron chi connectivity index (χ3n) is 3.64. The van der Waals surface area contributed by atoms with Crippen molar-refractivity contribution < 1.29 is 5.11 Å². The number of nitrogens with one attached hydrogen (secondary N) is 1. The van der Waals surface area contributed by atoms with Gasteiger partial charge in [0.15, 0.2) is 5.96 Å². The highest BCUT2D eigenvalue weighted by Gasteiger charge is 2.24. The molecular formula is C14H30IN3O.